The summed E-state index contributed by atoms with van der Waals surface area (Å²) in [7, 11) is 1.23. The fraction of sp³-hybridized carbons (Fsp3) is 0.174. The lowest BCUT2D eigenvalue weighted by Crippen LogP contribution is -2.14. The number of aryl methyl sites for hydroxylation is 1. The molecule has 4 rings (SSSR count). The molecule has 6 nitrogen and oxygen atoms in total. The van der Waals surface area contributed by atoms with Gasteiger partial charge in [-0.2, -0.15) is 13.2 Å². The minimum atomic E-state index is -4.71. The van der Waals surface area contributed by atoms with E-state index >= 15 is 0 Å². The number of fused-ring (bicyclic) bond motifs is 1. The Balaban J connectivity index is 1.86. The van der Waals surface area contributed by atoms with Crippen molar-refractivity contribution in [3.63, 3.8) is 0 Å². The molecule has 3 aromatic heterocycles. The van der Waals surface area contributed by atoms with Crippen molar-refractivity contribution in [2.75, 3.05) is 18.2 Å². The molecule has 0 saturated carbocycles. The van der Waals surface area contributed by atoms with Crippen LogP contribution in [0.5, 0.6) is 0 Å². The number of carbonyl (C=O) groups excluding carboxylic acids is 2. The van der Waals surface area contributed by atoms with Crippen molar-refractivity contribution >= 4 is 67.1 Å². The smallest absolute Gasteiger partial charge is 0.433 e. The number of ether oxygens (including phenoxy) is 1. The standard InChI is InChI=1S/C23H17ClF3N3O3S2/c1-9-10(2)34-20(15(9)22(32)33-3)30-19(31)18-17(28)16-13(11-4-6-12(24)7-5-11)8-14(23(25,26)27)29-21(16)35-18/h4-8H,28H2,1-3H3,(H,30,31). The molecule has 0 atom stereocenters. The summed E-state index contributed by atoms with van der Waals surface area (Å²) in [6.07, 6.45) is -4.71. The van der Waals surface area contributed by atoms with E-state index in [4.69, 9.17) is 22.1 Å². The first-order valence-corrected chi connectivity index (χ1v) is 12.0. The number of nitrogens with one attached hydrogen (secondary N) is 1. The van der Waals surface area contributed by atoms with Crippen LogP contribution in [-0.4, -0.2) is 24.0 Å². The third-order valence-corrected chi connectivity index (χ3v) is 7.83. The molecular formula is C23H17ClF3N3O3S2. The number of hydrogen-bond donors (Lipinski definition) is 2. The molecule has 182 valence electrons. The highest BCUT2D eigenvalue weighted by molar-refractivity contribution is 7.21. The van der Waals surface area contributed by atoms with Gasteiger partial charge in [0.1, 0.15) is 20.4 Å². The van der Waals surface area contributed by atoms with Crippen LogP contribution in [-0.2, 0) is 10.9 Å². The summed E-state index contributed by atoms with van der Waals surface area (Å²) in [5, 5.41) is 3.56. The summed E-state index contributed by atoms with van der Waals surface area (Å²) in [4.78, 5) is 29.9. The van der Waals surface area contributed by atoms with Crippen LogP contribution in [0.4, 0.5) is 23.9 Å². The van der Waals surface area contributed by atoms with Gasteiger partial charge in [-0.1, -0.05) is 23.7 Å². The fourth-order valence-electron chi connectivity index (χ4n) is 3.51. The Labute approximate surface area is 210 Å². The van der Waals surface area contributed by atoms with Crippen LogP contribution in [0, 0.1) is 13.8 Å². The number of rotatable bonds is 4. The van der Waals surface area contributed by atoms with E-state index in [9.17, 15) is 22.8 Å². The zero-order chi connectivity index (χ0) is 25.7. The van der Waals surface area contributed by atoms with Crippen LogP contribution in [0.25, 0.3) is 21.3 Å². The van der Waals surface area contributed by atoms with E-state index in [0.29, 0.717) is 16.1 Å². The molecule has 3 heterocycles. The van der Waals surface area contributed by atoms with Crippen molar-refractivity contribution in [1.82, 2.24) is 4.98 Å². The van der Waals surface area contributed by atoms with Gasteiger partial charge in [0, 0.05) is 15.3 Å². The van der Waals surface area contributed by atoms with Gasteiger partial charge in [0.05, 0.1) is 18.4 Å². The number of carbonyl (C=O) groups is 2. The highest BCUT2D eigenvalue weighted by atomic mass is 35.5. The summed E-state index contributed by atoms with van der Waals surface area (Å²) < 4.78 is 45.6. The van der Waals surface area contributed by atoms with Gasteiger partial charge < -0.3 is 15.8 Å². The van der Waals surface area contributed by atoms with Gasteiger partial charge in [-0.15, -0.1) is 22.7 Å². The molecule has 0 spiro atoms. The summed E-state index contributed by atoms with van der Waals surface area (Å²) in [6, 6.07) is 7.12. The van der Waals surface area contributed by atoms with E-state index in [2.05, 4.69) is 10.3 Å². The fourth-order valence-corrected chi connectivity index (χ4v) is 5.70. The minimum absolute atomic E-state index is 0.0155. The molecule has 35 heavy (non-hydrogen) atoms. The number of nitrogens with zero attached hydrogens (tertiary/aromatic N) is 1. The molecule has 0 radical (unpaired) electrons. The van der Waals surface area contributed by atoms with Crippen LogP contribution >= 0.6 is 34.3 Å². The van der Waals surface area contributed by atoms with E-state index in [-0.39, 0.29) is 36.9 Å². The zero-order valence-corrected chi connectivity index (χ0v) is 20.9. The number of hydrogen-bond acceptors (Lipinski definition) is 7. The van der Waals surface area contributed by atoms with Gasteiger partial charge >= 0.3 is 12.1 Å². The maximum atomic E-state index is 13.6. The molecular weight excluding hydrogens is 523 g/mol. The Morgan fingerprint density at radius 1 is 1.14 bits per heavy atom. The predicted molar refractivity (Wildman–Crippen MR) is 133 cm³/mol. The molecule has 0 aliphatic carbocycles. The Bertz CT molecular complexity index is 1480. The van der Waals surface area contributed by atoms with Crippen LogP contribution in [0.1, 0.15) is 36.2 Å². The average molecular weight is 540 g/mol. The molecule has 0 fully saturated rings. The summed E-state index contributed by atoms with van der Waals surface area (Å²) in [5.74, 6) is -1.29. The zero-order valence-electron chi connectivity index (χ0n) is 18.5. The molecule has 1 aromatic carbocycles. The lowest BCUT2D eigenvalue weighted by molar-refractivity contribution is -0.140. The van der Waals surface area contributed by atoms with E-state index in [1.165, 1.54) is 18.4 Å². The van der Waals surface area contributed by atoms with Crippen molar-refractivity contribution in [3.05, 3.63) is 61.9 Å². The first-order chi connectivity index (χ1) is 16.4. The van der Waals surface area contributed by atoms with Crippen molar-refractivity contribution in [2.45, 2.75) is 20.0 Å². The Kier molecular flexibility index (Phi) is 6.52. The monoisotopic (exact) mass is 539 g/mol. The van der Waals surface area contributed by atoms with Gasteiger partial charge in [-0.3, -0.25) is 4.79 Å². The second-order valence-corrected chi connectivity index (χ2v) is 10.2. The number of methoxy groups -OCH3 is 1. The Hall–Kier alpha value is -3.15. The third kappa shape index (κ3) is 4.58. The number of nitrogen functional groups attached to an aromatic ring is 1. The van der Waals surface area contributed by atoms with E-state index in [1.54, 1.807) is 38.1 Å². The van der Waals surface area contributed by atoms with Crippen molar-refractivity contribution in [3.8, 4) is 11.1 Å². The molecule has 0 saturated heterocycles. The number of benzene rings is 1. The molecule has 0 aliphatic rings. The first kappa shape index (κ1) is 25.0. The van der Waals surface area contributed by atoms with Crippen molar-refractivity contribution in [2.24, 2.45) is 0 Å². The molecule has 3 N–H and O–H groups in total. The van der Waals surface area contributed by atoms with Gasteiger partial charge in [0.25, 0.3) is 5.91 Å². The maximum absolute atomic E-state index is 13.6. The van der Waals surface area contributed by atoms with E-state index < -0.39 is 23.7 Å². The Morgan fingerprint density at radius 3 is 2.40 bits per heavy atom. The highest BCUT2D eigenvalue weighted by Crippen LogP contribution is 2.43. The van der Waals surface area contributed by atoms with Crippen LogP contribution in [0.3, 0.4) is 0 Å². The summed E-state index contributed by atoms with van der Waals surface area (Å²) in [6.45, 7) is 3.51. The molecule has 12 heteroatoms. The number of halogens is 4. The molecule has 0 bridgehead atoms. The normalized spacial score (nSPS) is 11.6. The number of anilines is 2. The number of esters is 1. The van der Waals surface area contributed by atoms with E-state index in [1.807, 2.05) is 0 Å². The molecule has 4 aromatic rings. The number of alkyl halides is 3. The largest absolute Gasteiger partial charge is 0.465 e. The second-order valence-electron chi connectivity index (χ2n) is 7.52. The highest BCUT2D eigenvalue weighted by Gasteiger charge is 2.35. The molecule has 0 aliphatic heterocycles. The lowest BCUT2D eigenvalue weighted by Gasteiger charge is -2.11. The lowest BCUT2D eigenvalue weighted by atomic mass is 10.0. The second kappa shape index (κ2) is 9.14. The quantitative estimate of drug-likeness (QED) is 0.274. The van der Waals surface area contributed by atoms with Crippen molar-refractivity contribution in [1.29, 1.82) is 0 Å². The van der Waals surface area contributed by atoms with Gasteiger partial charge in [-0.25, -0.2) is 9.78 Å². The topological polar surface area (TPSA) is 94.3 Å². The number of amides is 1. The van der Waals surface area contributed by atoms with Gasteiger partial charge in [-0.05, 0) is 48.7 Å². The number of aromatic nitrogens is 1. The number of pyridine rings is 1. The maximum Gasteiger partial charge on any atom is 0.433 e. The van der Waals surface area contributed by atoms with Crippen LogP contribution in [0.15, 0.2) is 30.3 Å². The van der Waals surface area contributed by atoms with Crippen LogP contribution < -0.4 is 11.1 Å². The summed E-state index contributed by atoms with van der Waals surface area (Å²) >= 11 is 7.85. The van der Waals surface area contributed by atoms with E-state index in [0.717, 1.165) is 22.3 Å². The first-order valence-electron chi connectivity index (χ1n) is 9.98. The Morgan fingerprint density at radius 2 is 1.80 bits per heavy atom. The molecule has 0 unspecified atom stereocenters. The number of nitrogens with two attached hydrogens (primary N) is 1. The SMILES string of the molecule is COC(=O)c1c(NC(=O)c2sc3nc(C(F)(F)F)cc(-c4ccc(Cl)cc4)c3c2N)sc(C)c1C. The summed E-state index contributed by atoms with van der Waals surface area (Å²) in [5.41, 5.74) is 6.64. The van der Waals surface area contributed by atoms with Crippen LogP contribution in [0.2, 0.25) is 5.02 Å². The number of thiophene rings is 2. The average Bonchev–Trinajstić information content (AvgIpc) is 3.28. The minimum Gasteiger partial charge on any atom is -0.465 e. The predicted octanol–water partition coefficient (Wildman–Crippen LogP) is 6.93. The van der Waals surface area contributed by atoms with Gasteiger partial charge in [0.2, 0.25) is 0 Å². The third-order valence-electron chi connectivity index (χ3n) is 5.35. The molecule has 1 amide bonds. The van der Waals surface area contributed by atoms with Gasteiger partial charge in [0.15, 0.2) is 0 Å². The van der Waals surface area contributed by atoms with Crippen molar-refractivity contribution < 1.29 is 27.5 Å².